The summed E-state index contributed by atoms with van der Waals surface area (Å²) in [6.07, 6.45) is 2.20. The van der Waals surface area contributed by atoms with Crippen LogP contribution in [0.15, 0.2) is 24.3 Å². The van der Waals surface area contributed by atoms with Crippen LogP contribution in [0.5, 0.6) is 0 Å². The second kappa shape index (κ2) is 7.49. The van der Waals surface area contributed by atoms with Gasteiger partial charge in [-0.2, -0.15) is 0 Å². The number of piperazine rings is 1. The summed E-state index contributed by atoms with van der Waals surface area (Å²) in [4.78, 5) is 15.6. The van der Waals surface area contributed by atoms with Gasteiger partial charge < -0.3 is 9.80 Å². The van der Waals surface area contributed by atoms with Crippen molar-refractivity contribution in [1.82, 2.24) is 19.8 Å². The van der Waals surface area contributed by atoms with Crippen LogP contribution in [0.1, 0.15) is 24.3 Å². The largest absolute Gasteiger partial charge is 0.331 e. The summed E-state index contributed by atoms with van der Waals surface area (Å²) in [5.41, 5.74) is 1.25. The van der Waals surface area contributed by atoms with E-state index in [0.29, 0.717) is 5.92 Å². The van der Waals surface area contributed by atoms with Gasteiger partial charge in [-0.15, -0.1) is 0 Å². The molecule has 0 N–H and O–H groups in total. The summed E-state index contributed by atoms with van der Waals surface area (Å²) in [7, 11) is 3.60. The molecule has 0 bridgehead atoms. The third kappa shape index (κ3) is 3.87. The summed E-state index contributed by atoms with van der Waals surface area (Å²) in [5, 5.41) is 4.82. The number of benzene rings is 1. The number of halogens is 1. The second-order valence-electron chi connectivity index (χ2n) is 6.90. The molecule has 2 saturated heterocycles. The van der Waals surface area contributed by atoms with Crippen LogP contribution in [0.25, 0.3) is 0 Å². The van der Waals surface area contributed by atoms with E-state index in [1.165, 1.54) is 5.56 Å². The van der Waals surface area contributed by atoms with Crippen molar-refractivity contribution in [3.8, 4) is 0 Å². The van der Waals surface area contributed by atoms with Crippen LogP contribution in [-0.2, 0) is 0 Å². The fraction of sp³-hybridized carbons (Fsp3) is 0.611. The van der Waals surface area contributed by atoms with Crippen LogP contribution >= 0.6 is 0 Å². The molecule has 1 aromatic carbocycles. The first-order valence-electron chi connectivity index (χ1n) is 8.76. The molecule has 5 nitrogen and oxygen atoms in total. The zero-order valence-corrected chi connectivity index (χ0v) is 14.6. The van der Waals surface area contributed by atoms with Gasteiger partial charge >= 0.3 is 6.03 Å². The van der Waals surface area contributed by atoms with E-state index in [1.807, 2.05) is 17.0 Å². The summed E-state index contributed by atoms with van der Waals surface area (Å²) in [6.45, 7) is 5.44. The van der Waals surface area contributed by atoms with E-state index in [9.17, 15) is 9.18 Å². The fourth-order valence-corrected chi connectivity index (χ4v) is 3.67. The van der Waals surface area contributed by atoms with Crippen molar-refractivity contribution in [3.05, 3.63) is 35.6 Å². The van der Waals surface area contributed by atoms with Gasteiger partial charge in [0.15, 0.2) is 0 Å². The lowest BCUT2D eigenvalue weighted by molar-refractivity contribution is -0.0659. The zero-order chi connectivity index (χ0) is 17.1. The molecular formula is C18H27FN4O. The van der Waals surface area contributed by atoms with Crippen molar-refractivity contribution < 1.29 is 9.18 Å². The predicted octanol–water partition coefficient (Wildman–Crippen LogP) is 2.22. The topological polar surface area (TPSA) is 30.0 Å². The SMILES string of the molecule is CN(C)C(=O)N1CCN(N2CCC(c3ccc(F)cc3)CC2)CC1. The Labute approximate surface area is 143 Å². The third-order valence-corrected chi connectivity index (χ3v) is 5.12. The lowest BCUT2D eigenvalue weighted by atomic mass is 9.90. The highest BCUT2D eigenvalue weighted by atomic mass is 19.1. The van der Waals surface area contributed by atoms with Crippen molar-refractivity contribution in [2.75, 3.05) is 53.4 Å². The predicted molar refractivity (Wildman–Crippen MR) is 92.2 cm³/mol. The molecule has 2 fully saturated rings. The van der Waals surface area contributed by atoms with Gasteiger partial charge in [-0.1, -0.05) is 12.1 Å². The molecule has 1 aromatic rings. The van der Waals surface area contributed by atoms with Gasteiger partial charge in [0.1, 0.15) is 5.82 Å². The molecule has 0 spiro atoms. The number of carbonyl (C=O) groups is 1. The molecule has 0 aromatic heterocycles. The Kier molecular flexibility index (Phi) is 5.36. The highest BCUT2D eigenvalue weighted by Crippen LogP contribution is 2.29. The number of hydrogen-bond donors (Lipinski definition) is 0. The first-order valence-corrected chi connectivity index (χ1v) is 8.76. The number of amides is 2. The minimum Gasteiger partial charge on any atom is -0.331 e. The van der Waals surface area contributed by atoms with E-state index in [4.69, 9.17) is 0 Å². The van der Waals surface area contributed by atoms with E-state index in [2.05, 4.69) is 10.0 Å². The quantitative estimate of drug-likeness (QED) is 0.831. The van der Waals surface area contributed by atoms with Crippen LogP contribution in [0.2, 0.25) is 0 Å². The van der Waals surface area contributed by atoms with Gasteiger partial charge in [0, 0.05) is 53.4 Å². The van der Waals surface area contributed by atoms with E-state index in [1.54, 1.807) is 31.1 Å². The maximum atomic E-state index is 13.1. The summed E-state index contributed by atoms with van der Waals surface area (Å²) in [6, 6.07) is 7.05. The van der Waals surface area contributed by atoms with E-state index < -0.39 is 0 Å². The standard InChI is InChI=1S/C18H27FN4O/c1-20(2)18(24)21-11-13-23(14-12-21)22-9-7-16(8-10-22)15-3-5-17(19)6-4-15/h3-6,16H,7-14H2,1-2H3. The summed E-state index contributed by atoms with van der Waals surface area (Å²) >= 11 is 0. The Bertz CT molecular complexity index is 547. The number of piperidine rings is 1. The van der Waals surface area contributed by atoms with Crippen molar-refractivity contribution in [1.29, 1.82) is 0 Å². The molecule has 0 atom stereocenters. The Morgan fingerprint density at radius 3 is 2.04 bits per heavy atom. The third-order valence-electron chi connectivity index (χ3n) is 5.12. The number of nitrogens with zero attached hydrogens (tertiary/aromatic N) is 4. The molecule has 3 rings (SSSR count). The first kappa shape index (κ1) is 17.2. The molecular weight excluding hydrogens is 307 g/mol. The van der Waals surface area contributed by atoms with Gasteiger partial charge in [0.2, 0.25) is 0 Å². The number of rotatable bonds is 2. The summed E-state index contributed by atoms with van der Waals surface area (Å²) in [5.74, 6) is 0.361. The lowest BCUT2D eigenvalue weighted by Crippen LogP contribution is -2.57. The van der Waals surface area contributed by atoms with E-state index in [0.717, 1.165) is 52.1 Å². The minimum atomic E-state index is -0.165. The van der Waals surface area contributed by atoms with Crippen molar-refractivity contribution in [2.24, 2.45) is 0 Å². The molecule has 6 heteroatoms. The molecule has 0 saturated carbocycles. The van der Waals surface area contributed by atoms with Crippen LogP contribution in [0.3, 0.4) is 0 Å². The van der Waals surface area contributed by atoms with Gasteiger partial charge in [0.25, 0.3) is 0 Å². The number of urea groups is 1. The highest BCUT2D eigenvalue weighted by Gasteiger charge is 2.28. The molecule has 2 aliphatic rings. The number of carbonyl (C=O) groups excluding carboxylic acids is 1. The first-order chi connectivity index (χ1) is 11.5. The maximum Gasteiger partial charge on any atom is 0.319 e. The van der Waals surface area contributed by atoms with Crippen LogP contribution in [0, 0.1) is 5.82 Å². The minimum absolute atomic E-state index is 0.102. The Morgan fingerprint density at radius 2 is 1.50 bits per heavy atom. The normalized spacial score (nSPS) is 21.0. The molecule has 2 aliphatic heterocycles. The number of hydrogen-bond acceptors (Lipinski definition) is 3. The van der Waals surface area contributed by atoms with Crippen molar-refractivity contribution in [2.45, 2.75) is 18.8 Å². The maximum absolute atomic E-state index is 13.1. The average Bonchev–Trinajstić information content (AvgIpc) is 2.62. The molecule has 2 heterocycles. The molecule has 2 amide bonds. The fourth-order valence-electron chi connectivity index (χ4n) is 3.67. The molecule has 0 radical (unpaired) electrons. The molecule has 132 valence electrons. The Hall–Kier alpha value is -1.66. The monoisotopic (exact) mass is 334 g/mol. The van der Waals surface area contributed by atoms with Gasteiger partial charge in [-0.3, -0.25) is 0 Å². The molecule has 0 unspecified atom stereocenters. The highest BCUT2D eigenvalue weighted by molar-refractivity contribution is 5.73. The lowest BCUT2D eigenvalue weighted by Gasteiger charge is -2.44. The molecule has 0 aliphatic carbocycles. The van der Waals surface area contributed by atoms with Crippen LogP contribution in [-0.4, -0.2) is 79.2 Å². The second-order valence-corrected chi connectivity index (χ2v) is 6.90. The smallest absolute Gasteiger partial charge is 0.319 e. The van der Waals surface area contributed by atoms with E-state index >= 15 is 0 Å². The van der Waals surface area contributed by atoms with Crippen LogP contribution < -0.4 is 0 Å². The van der Waals surface area contributed by atoms with E-state index in [-0.39, 0.29) is 11.8 Å². The number of hydrazine groups is 1. The zero-order valence-electron chi connectivity index (χ0n) is 14.6. The van der Waals surface area contributed by atoms with Gasteiger partial charge in [0.05, 0.1) is 0 Å². The van der Waals surface area contributed by atoms with Gasteiger partial charge in [-0.25, -0.2) is 19.2 Å². The van der Waals surface area contributed by atoms with Gasteiger partial charge in [-0.05, 0) is 36.5 Å². The Morgan fingerprint density at radius 1 is 0.958 bits per heavy atom. The van der Waals surface area contributed by atoms with Crippen molar-refractivity contribution in [3.63, 3.8) is 0 Å². The van der Waals surface area contributed by atoms with Crippen LogP contribution in [0.4, 0.5) is 9.18 Å². The van der Waals surface area contributed by atoms with Crippen molar-refractivity contribution >= 4 is 6.03 Å². The Balaban J connectivity index is 1.47. The molecule has 24 heavy (non-hydrogen) atoms. The summed E-state index contributed by atoms with van der Waals surface area (Å²) < 4.78 is 13.1. The average molecular weight is 334 g/mol.